The molecule has 3 aliphatic rings. The van der Waals surface area contributed by atoms with E-state index in [-0.39, 0.29) is 23.7 Å². The van der Waals surface area contributed by atoms with Crippen LogP contribution in [0, 0.1) is 0 Å². The molecule has 0 radical (unpaired) electrons. The molecule has 0 aromatic heterocycles. The minimum atomic E-state index is -0.712. The SMILES string of the molecule is CSC(=O)N1CCN(CCCCCCN2C(=S)N(c3ccc4c(c3)COC4=O)C(=O)C2(C)C)CC1. The summed E-state index contributed by atoms with van der Waals surface area (Å²) in [6, 6.07) is 5.32. The van der Waals surface area contributed by atoms with Crippen LogP contribution in [0.4, 0.5) is 10.5 Å². The summed E-state index contributed by atoms with van der Waals surface area (Å²) < 4.78 is 5.09. The Morgan fingerprint density at radius 1 is 1.06 bits per heavy atom. The molecule has 2 amide bonds. The molecular formula is C25H34N4O4S2. The van der Waals surface area contributed by atoms with E-state index in [0.29, 0.717) is 16.4 Å². The second-order valence-electron chi connectivity index (χ2n) is 9.76. The van der Waals surface area contributed by atoms with E-state index in [9.17, 15) is 14.4 Å². The fourth-order valence-corrected chi connectivity index (χ4v) is 5.89. The van der Waals surface area contributed by atoms with Crippen LogP contribution in [0.15, 0.2) is 18.2 Å². The van der Waals surface area contributed by atoms with Gasteiger partial charge in [0.1, 0.15) is 12.1 Å². The quantitative estimate of drug-likeness (QED) is 0.293. The molecule has 0 spiro atoms. The first-order chi connectivity index (χ1) is 16.7. The molecule has 4 rings (SSSR count). The Hall–Kier alpha value is -2.17. The summed E-state index contributed by atoms with van der Waals surface area (Å²) in [7, 11) is 0. The second-order valence-corrected chi connectivity index (χ2v) is 10.9. The summed E-state index contributed by atoms with van der Waals surface area (Å²) in [4.78, 5) is 44.8. The Balaban J connectivity index is 1.23. The Morgan fingerprint density at radius 3 is 2.43 bits per heavy atom. The molecule has 8 nitrogen and oxygen atoms in total. The van der Waals surface area contributed by atoms with Gasteiger partial charge in [-0.25, -0.2) is 4.79 Å². The van der Waals surface area contributed by atoms with Crippen LogP contribution in [0.1, 0.15) is 55.5 Å². The van der Waals surface area contributed by atoms with E-state index in [1.54, 1.807) is 17.0 Å². The van der Waals surface area contributed by atoms with Crippen LogP contribution in [-0.2, 0) is 16.1 Å². The molecule has 10 heteroatoms. The lowest BCUT2D eigenvalue weighted by atomic mass is 10.0. The Morgan fingerprint density at radius 2 is 1.74 bits per heavy atom. The van der Waals surface area contributed by atoms with Crippen molar-refractivity contribution < 1.29 is 19.1 Å². The lowest BCUT2D eigenvalue weighted by molar-refractivity contribution is -0.123. The first-order valence-corrected chi connectivity index (χ1v) is 13.9. The minimum Gasteiger partial charge on any atom is -0.457 e. The number of benzene rings is 1. The summed E-state index contributed by atoms with van der Waals surface area (Å²) in [5, 5.41) is 0.688. The van der Waals surface area contributed by atoms with Crippen molar-refractivity contribution in [1.29, 1.82) is 0 Å². The molecule has 0 saturated carbocycles. The first-order valence-electron chi connectivity index (χ1n) is 12.3. The lowest BCUT2D eigenvalue weighted by Gasteiger charge is -2.34. The number of rotatable bonds is 8. The average Bonchev–Trinajstić information content (AvgIpc) is 3.30. The molecule has 190 valence electrons. The van der Waals surface area contributed by atoms with Gasteiger partial charge in [0.15, 0.2) is 5.11 Å². The van der Waals surface area contributed by atoms with Crippen LogP contribution in [0.3, 0.4) is 0 Å². The molecule has 1 aromatic carbocycles. The van der Waals surface area contributed by atoms with Crippen molar-refractivity contribution in [3.05, 3.63) is 29.3 Å². The Bertz CT molecular complexity index is 1010. The van der Waals surface area contributed by atoms with Gasteiger partial charge in [-0.2, -0.15) is 0 Å². The van der Waals surface area contributed by atoms with Gasteiger partial charge in [-0.15, -0.1) is 0 Å². The highest BCUT2D eigenvalue weighted by Crippen LogP contribution is 2.34. The van der Waals surface area contributed by atoms with Gasteiger partial charge in [0, 0.05) is 38.3 Å². The van der Waals surface area contributed by atoms with Crippen LogP contribution in [0.5, 0.6) is 0 Å². The number of amides is 2. The lowest BCUT2D eigenvalue weighted by Crippen LogP contribution is -2.47. The molecule has 2 saturated heterocycles. The normalized spacial score (nSPS) is 20.0. The third-order valence-electron chi connectivity index (χ3n) is 7.16. The molecule has 2 fully saturated rings. The van der Waals surface area contributed by atoms with E-state index in [2.05, 4.69) is 4.90 Å². The number of fused-ring (bicyclic) bond motifs is 1. The van der Waals surface area contributed by atoms with Crippen LogP contribution in [0.2, 0.25) is 0 Å². The summed E-state index contributed by atoms with van der Waals surface area (Å²) in [5.74, 6) is -0.372. The number of anilines is 1. The van der Waals surface area contributed by atoms with Crippen molar-refractivity contribution in [2.24, 2.45) is 0 Å². The van der Waals surface area contributed by atoms with E-state index >= 15 is 0 Å². The van der Waals surface area contributed by atoms with Crippen molar-refractivity contribution in [2.45, 2.75) is 51.7 Å². The van der Waals surface area contributed by atoms with Crippen LogP contribution in [0.25, 0.3) is 0 Å². The van der Waals surface area contributed by atoms with Crippen molar-refractivity contribution in [3.63, 3.8) is 0 Å². The van der Waals surface area contributed by atoms with E-state index in [4.69, 9.17) is 17.0 Å². The summed E-state index contributed by atoms with van der Waals surface area (Å²) in [5.41, 5.74) is 1.32. The van der Waals surface area contributed by atoms with Gasteiger partial charge < -0.3 is 14.5 Å². The highest BCUT2D eigenvalue weighted by atomic mass is 32.2. The maximum absolute atomic E-state index is 13.3. The number of esters is 1. The van der Waals surface area contributed by atoms with Crippen molar-refractivity contribution in [1.82, 2.24) is 14.7 Å². The van der Waals surface area contributed by atoms with Crippen molar-refractivity contribution in [2.75, 3.05) is 50.4 Å². The van der Waals surface area contributed by atoms with E-state index in [1.807, 2.05) is 36.0 Å². The standard InChI is InChI=1S/C25H34N4O4S2/c1-25(2)22(31)29(19-8-9-20-18(16-19)17-33-21(20)30)23(34)28(25)11-7-5-4-6-10-26-12-14-27(15-13-26)24(32)35-3/h8-9,16H,4-7,10-15,17H2,1-3H3. The molecule has 0 aliphatic carbocycles. The largest absolute Gasteiger partial charge is 0.457 e. The third kappa shape index (κ3) is 5.34. The number of ether oxygens (including phenoxy) is 1. The molecule has 3 heterocycles. The number of cyclic esters (lactones) is 1. The molecule has 1 aromatic rings. The summed E-state index contributed by atoms with van der Waals surface area (Å²) >= 11 is 7.03. The van der Waals surface area contributed by atoms with Gasteiger partial charge in [-0.3, -0.25) is 19.4 Å². The van der Waals surface area contributed by atoms with Gasteiger partial charge >= 0.3 is 5.97 Å². The zero-order valence-corrected chi connectivity index (χ0v) is 22.4. The van der Waals surface area contributed by atoms with Gasteiger partial charge in [-0.1, -0.05) is 24.6 Å². The summed E-state index contributed by atoms with van der Waals surface area (Å²) in [6.07, 6.45) is 6.14. The topological polar surface area (TPSA) is 73.4 Å². The van der Waals surface area contributed by atoms with Crippen molar-refractivity contribution in [3.8, 4) is 0 Å². The molecule has 0 unspecified atom stereocenters. The molecule has 3 aliphatic heterocycles. The number of hydrogen-bond acceptors (Lipinski definition) is 7. The maximum Gasteiger partial charge on any atom is 0.338 e. The summed E-state index contributed by atoms with van der Waals surface area (Å²) in [6.45, 7) is 9.40. The van der Waals surface area contributed by atoms with E-state index < -0.39 is 5.54 Å². The fourth-order valence-electron chi connectivity index (χ4n) is 4.94. The number of piperazine rings is 1. The zero-order valence-electron chi connectivity index (χ0n) is 20.7. The highest BCUT2D eigenvalue weighted by molar-refractivity contribution is 8.12. The maximum atomic E-state index is 13.3. The smallest absolute Gasteiger partial charge is 0.338 e. The monoisotopic (exact) mass is 518 g/mol. The number of unbranched alkanes of at least 4 members (excludes halogenated alkanes) is 3. The van der Waals surface area contributed by atoms with Crippen molar-refractivity contribution >= 4 is 51.9 Å². The van der Waals surface area contributed by atoms with Gasteiger partial charge in [0.2, 0.25) is 0 Å². The molecule has 0 N–H and O–H groups in total. The van der Waals surface area contributed by atoms with Crippen LogP contribution < -0.4 is 4.90 Å². The third-order valence-corrected chi connectivity index (χ3v) is 8.17. The van der Waals surface area contributed by atoms with Crippen LogP contribution >= 0.6 is 24.0 Å². The van der Waals surface area contributed by atoms with Gasteiger partial charge in [0.05, 0.1) is 11.3 Å². The number of carbonyl (C=O) groups is 3. The fraction of sp³-hybridized carbons (Fsp3) is 0.600. The number of thioether (sulfide) groups is 1. The second kappa shape index (κ2) is 10.8. The van der Waals surface area contributed by atoms with E-state index in [1.165, 1.54) is 11.8 Å². The number of hydrogen-bond donors (Lipinski definition) is 0. The Kier molecular flexibility index (Phi) is 8.02. The minimum absolute atomic E-state index is 0.0493. The van der Waals surface area contributed by atoms with E-state index in [0.717, 1.165) is 70.5 Å². The molecular weight excluding hydrogens is 484 g/mol. The average molecular weight is 519 g/mol. The number of thiocarbonyl (C=S) groups is 1. The zero-order chi connectivity index (χ0) is 25.2. The predicted molar refractivity (Wildman–Crippen MR) is 142 cm³/mol. The number of nitrogens with zero attached hydrogens (tertiary/aromatic N) is 4. The molecule has 0 bridgehead atoms. The van der Waals surface area contributed by atoms with Gasteiger partial charge in [-0.05, 0) is 69.9 Å². The molecule has 35 heavy (non-hydrogen) atoms. The highest BCUT2D eigenvalue weighted by Gasteiger charge is 2.49. The van der Waals surface area contributed by atoms with Crippen LogP contribution in [-0.4, -0.2) is 88.0 Å². The first kappa shape index (κ1) is 25.9. The Labute approximate surface area is 216 Å². The predicted octanol–water partition coefficient (Wildman–Crippen LogP) is 3.73. The number of carbonyl (C=O) groups excluding carboxylic acids is 3. The van der Waals surface area contributed by atoms with Gasteiger partial charge in [0.25, 0.3) is 11.1 Å². The molecule has 0 atom stereocenters.